The van der Waals surface area contributed by atoms with E-state index in [4.69, 9.17) is 0 Å². The maximum atomic E-state index is 4.51. The summed E-state index contributed by atoms with van der Waals surface area (Å²) in [5, 5.41) is 6.57. The molecule has 3 nitrogen and oxygen atoms in total. The van der Waals surface area contributed by atoms with Crippen LogP contribution in [0.2, 0.25) is 0 Å². The predicted octanol–water partition coefficient (Wildman–Crippen LogP) is 3.87. The molecule has 0 spiro atoms. The zero-order chi connectivity index (χ0) is 13.0. The molecule has 0 fully saturated rings. The van der Waals surface area contributed by atoms with E-state index in [2.05, 4.69) is 54.6 Å². The monoisotopic (exact) mass is 241 g/mol. The maximum absolute atomic E-state index is 4.51. The fraction of sp³-hybridized carbons (Fsp3) is 0.267. The van der Waals surface area contributed by atoms with E-state index in [1.165, 1.54) is 11.1 Å². The Balaban J connectivity index is 2.23. The number of aromatic nitrogens is 1. The van der Waals surface area contributed by atoms with Crippen molar-refractivity contribution < 1.29 is 0 Å². The summed E-state index contributed by atoms with van der Waals surface area (Å²) in [5.41, 5.74) is 3.65. The average Bonchev–Trinajstić information content (AvgIpc) is 2.36. The third-order valence-electron chi connectivity index (χ3n) is 2.97. The highest BCUT2D eigenvalue weighted by molar-refractivity contribution is 5.63. The highest BCUT2D eigenvalue weighted by atomic mass is 15.1. The molecular formula is C15H19N3. The number of hydrogen-bond acceptors (Lipinski definition) is 3. The van der Waals surface area contributed by atoms with Gasteiger partial charge in [-0.1, -0.05) is 18.2 Å². The standard InChI is InChI=1S/C15H19N3/c1-4-16-14-9-6-10-15(18-14)17-13-8-5-7-11(2)12(13)3/h5-10H,4H2,1-3H3,(H2,16,17,18). The van der Waals surface area contributed by atoms with Crippen molar-refractivity contribution in [1.29, 1.82) is 0 Å². The summed E-state index contributed by atoms with van der Waals surface area (Å²) in [5.74, 6) is 1.76. The van der Waals surface area contributed by atoms with Gasteiger partial charge >= 0.3 is 0 Å². The zero-order valence-electron chi connectivity index (χ0n) is 11.1. The van der Waals surface area contributed by atoms with Crippen molar-refractivity contribution >= 4 is 17.3 Å². The Kier molecular flexibility index (Phi) is 3.82. The SMILES string of the molecule is CCNc1cccc(Nc2cccc(C)c2C)n1. The van der Waals surface area contributed by atoms with Gasteiger partial charge in [-0.2, -0.15) is 0 Å². The predicted molar refractivity (Wildman–Crippen MR) is 77.6 cm³/mol. The summed E-state index contributed by atoms with van der Waals surface area (Å²) in [4.78, 5) is 4.51. The first-order valence-electron chi connectivity index (χ1n) is 6.25. The van der Waals surface area contributed by atoms with Gasteiger partial charge < -0.3 is 10.6 Å². The van der Waals surface area contributed by atoms with Crippen LogP contribution in [0.1, 0.15) is 18.1 Å². The van der Waals surface area contributed by atoms with Gasteiger partial charge in [0.15, 0.2) is 0 Å². The second-order valence-corrected chi connectivity index (χ2v) is 4.31. The van der Waals surface area contributed by atoms with Crippen molar-refractivity contribution in [3.05, 3.63) is 47.5 Å². The molecule has 1 aromatic carbocycles. The first-order valence-corrected chi connectivity index (χ1v) is 6.25. The van der Waals surface area contributed by atoms with Gasteiger partial charge in [-0.05, 0) is 50.1 Å². The molecule has 2 N–H and O–H groups in total. The second kappa shape index (κ2) is 5.54. The molecule has 3 heteroatoms. The number of benzene rings is 1. The van der Waals surface area contributed by atoms with Crippen molar-refractivity contribution in [2.75, 3.05) is 17.2 Å². The van der Waals surface area contributed by atoms with Gasteiger partial charge in [0.1, 0.15) is 11.6 Å². The molecule has 0 radical (unpaired) electrons. The Morgan fingerprint density at radius 1 is 1.00 bits per heavy atom. The lowest BCUT2D eigenvalue weighted by molar-refractivity contribution is 1.16. The number of nitrogens with zero attached hydrogens (tertiary/aromatic N) is 1. The second-order valence-electron chi connectivity index (χ2n) is 4.31. The Bertz CT molecular complexity index is 535. The van der Waals surface area contributed by atoms with E-state index in [1.807, 2.05) is 18.2 Å². The molecule has 0 amide bonds. The van der Waals surface area contributed by atoms with Gasteiger partial charge in [0, 0.05) is 12.2 Å². The summed E-state index contributed by atoms with van der Waals surface area (Å²) in [7, 11) is 0. The number of anilines is 3. The van der Waals surface area contributed by atoms with Crippen LogP contribution in [0, 0.1) is 13.8 Å². The first-order chi connectivity index (χ1) is 8.70. The van der Waals surface area contributed by atoms with Gasteiger partial charge in [0.2, 0.25) is 0 Å². The van der Waals surface area contributed by atoms with Gasteiger partial charge in [-0.25, -0.2) is 4.98 Å². The van der Waals surface area contributed by atoms with Crippen LogP contribution in [0.15, 0.2) is 36.4 Å². The fourth-order valence-electron chi connectivity index (χ4n) is 1.81. The number of nitrogens with one attached hydrogen (secondary N) is 2. The summed E-state index contributed by atoms with van der Waals surface area (Å²) >= 11 is 0. The fourth-order valence-corrected chi connectivity index (χ4v) is 1.81. The van der Waals surface area contributed by atoms with Crippen LogP contribution in [-0.4, -0.2) is 11.5 Å². The van der Waals surface area contributed by atoms with Crippen molar-refractivity contribution in [3.63, 3.8) is 0 Å². The Morgan fingerprint density at radius 2 is 1.72 bits per heavy atom. The van der Waals surface area contributed by atoms with Gasteiger partial charge in [-0.15, -0.1) is 0 Å². The molecule has 18 heavy (non-hydrogen) atoms. The molecule has 0 bridgehead atoms. The molecule has 0 aliphatic rings. The molecule has 0 aliphatic carbocycles. The van der Waals surface area contributed by atoms with Crippen molar-refractivity contribution in [2.24, 2.45) is 0 Å². The molecule has 2 rings (SSSR count). The molecule has 0 aliphatic heterocycles. The molecule has 1 heterocycles. The minimum absolute atomic E-state index is 0.863. The maximum Gasteiger partial charge on any atom is 0.132 e. The van der Waals surface area contributed by atoms with Crippen molar-refractivity contribution in [3.8, 4) is 0 Å². The summed E-state index contributed by atoms with van der Waals surface area (Å²) < 4.78 is 0. The largest absolute Gasteiger partial charge is 0.370 e. The molecule has 2 aromatic rings. The summed E-state index contributed by atoms with van der Waals surface area (Å²) in [6.45, 7) is 7.17. The topological polar surface area (TPSA) is 37.0 Å². The molecule has 0 saturated carbocycles. The van der Waals surface area contributed by atoms with Gasteiger partial charge in [0.05, 0.1) is 0 Å². The van der Waals surface area contributed by atoms with E-state index in [0.717, 1.165) is 23.9 Å². The molecule has 1 aromatic heterocycles. The molecular weight excluding hydrogens is 222 g/mol. The first kappa shape index (κ1) is 12.4. The van der Waals surface area contributed by atoms with E-state index in [1.54, 1.807) is 0 Å². The molecule has 0 atom stereocenters. The third-order valence-corrected chi connectivity index (χ3v) is 2.97. The Morgan fingerprint density at radius 3 is 2.50 bits per heavy atom. The number of aryl methyl sites for hydroxylation is 1. The summed E-state index contributed by atoms with van der Waals surface area (Å²) in [6.07, 6.45) is 0. The van der Waals surface area contributed by atoms with Gasteiger partial charge in [-0.3, -0.25) is 0 Å². The quantitative estimate of drug-likeness (QED) is 0.853. The van der Waals surface area contributed by atoms with Crippen LogP contribution in [-0.2, 0) is 0 Å². The smallest absolute Gasteiger partial charge is 0.132 e. The lowest BCUT2D eigenvalue weighted by Crippen LogP contribution is -2.02. The van der Waals surface area contributed by atoms with Crippen LogP contribution in [0.3, 0.4) is 0 Å². The molecule has 94 valence electrons. The van der Waals surface area contributed by atoms with Crippen molar-refractivity contribution in [2.45, 2.75) is 20.8 Å². The van der Waals surface area contributed by atoms with Gasteiger partial charge in [0.25, 0.3) is 0 Å². The van der Waals surface area contributed by atoms with Crippen LogP contribution >= 0.6 is 0 Å². The lowest BCUT2D eigenvalue weighted by Gasteiger charge is -2.11. The minimum Gasteiger partial charge on any atom is -0.370 e. The Labute approximate surface area is 108 Å². The lowest BCUT2D eigenvalue weighted by atomic mass is 10.1. The zero-order valence-corrected chi connectivity index (χ0v) is 11.1. The molecule has 0 saturated heterocycles. The van der Waals surface area contributed by atoms with E-state index in [0.29, 0.717) is 0 Å². The Hall–Kier alpha value is -2.03. The van der Waals surface area contributed by atoms with Crippen molar-refractivity contribution in [1.82, 2.24) is 4.98 Å². The van der Waals surface area contributed by atoms with Crippen LogP contribution in [0.4, 0.5) is 17.3 Å². The third kappa shape index (κ3) is 2.80. The van der Waals surface area contributed by atoms with Crippen LogP contribution in [0.25, 0.3) is 0 Å². The minimum atomic E-state index is 0.863. The number of rotatable bonds is 4. The van der Waals surface area contributed by atoms with Crippen LogP contribution < -0.4 is 10.6 Å². The highest BCUT2D eigenvalue weighted by Gasteiger charge is 2.02. The van der Waals surface area contributed by atoms with E-state index >= 15 is 0 Å². The van der Waals surface area contributed by atoms with E-state index in [9.17, 15) is 0 Å². The highest BCUT2D eigenvalue weighted by Crippen LogP contribution is 2.22. The number of hydrogen-bond donors (Lipinski definition) is 2. The van der Waals surface area contributed by atoms with E-state index in [-0.39, 0.29) is 0 Å². The number of pyridine rings is 1. The van der Waals surface area contributed by atoms with E-state index < -0.39 is 0 Å². The average molecular weight is 241 g/mol. The molecule has 0 unspecified atom stereocenters. The van der Waals surface area contributed by atoms with Crippen LogP contribution in [0.5, 0.6) is 0 Å². The normalized spacial score (nSPS) is 10.2. The summed E-state index contributed by atoms with van der Waals surface area (Å²) in [6, 6.07) is 12.2.